The van der Waals surface area contributed by atoms with Gasteiger partial charge in [0.2, 0.25) is 5.91 Å². The van der Waals surface area contributed by atoms with Crippen LogP contribution in [0.3, 0.4) is 0 Å². The van der Waals surface area contributed by atoms with Crippen LogP contribution in [-0.4, -0.2) is 27.8 Å². The van der Waals surface area contributed by atoms with Gasteiger partial charge in [0, 0.05) is 5.56 Å². The molecule has 1 aromatic carbocycles. The molecule has 1 amide bonds. The topological polar surface area (TPSA) is 69.0 Å². The summed E-state index contributed by atoms with van der Waals surface area (Å²) >= 11 is 0. The van der Waals surface area contributed by atoms with Crippen molar-refractivity contribution in [2.45, 2.75) is 32.6 Å². The number of ether oxygens (including phenoxy) is 1. The highest BCUT2D eigenvalue weighted by atomic mass is 19.4. The Morgan fingerprint density at radius 1 is 1.38 bits per heavy atom. The van der Waals surface area contributed by atoms with Crippen molar-refractivity contribution in [1.82, 2.24) is 20.1 Å². The third-order valence-corrected chi connectivity index (χ3v) is 3.39. The molecule has 0 bridgehead atoms. The fourth-order valence-corrected chi connectivity index (χ4v) is 2.21. The molecule has 6 nitrogen and oxygen atoms in total. The van der Waals surface area contributed by atoms with Crippen LogP contribution in [0.1, 0.15) is 30.2 Å². The van der Waals surface area contributed by atoms with E-state index in [4.69, 9.17) is 4.74 Å². The van der Waals surface area contributed by atoms with Gasteiger partial charge in [0.05, 0.1) is 13.2 Å². The highest BCUT2D eigenvalue weighted by Crippen LogP contribution is 2.26. The molecule has 24 heavy (non-hydrogen) atoms. The summed E-state index contributed by atoms with van der Waals surface area (Å²) < 4.78 is 43.9. The lowest BCUT2D eigenvalue weighted by atomic mass is 10.1. The predicted octanol–water partition coefficient (Wildman–Crippen LogP) is 2.49. The van der Waals surface area contributed by atoms with Gasteiger partial charge < -0.3 is 10.1 Å². The highest BCUT2D eigenvalue weighted by Gasteiger charge is 2.36. The van der Waals surface area contributed by atoms with Crippen molar-refractivity contribution >= 4 is 5.91 Å². The average Bonchev–Trinajstić information content (AvgIpc) is 2.88. The molecule has 1 heterocycles. The quantitative estimate of drug-likeness (QED) is 0.906. The zero-order chi connectivity index (χ0) is 17.9. The second-order valence-electron chi connectivity index (χ2n) is 5.17. The Morgan fingerprint density at radius 3 is 2.62 bits per heavy atom. The third-order valence-electron chi connectivity index (χ3n) is 3.39. The predicted molar refractivity (Wildman–Crippen MR) is 79.3 cm³/mol. The Hall–Kier alpha value is -2.58. The first kappa shape index (κ1) is 17.8. The number of halogens is 3. The molecular formula is C15H17F3N4O2. The maximum atomic E-state index is 12.6. The summed E-state index contributed by atoms with van der Waals surface area (Å²) in [7, 11) is 1.52. The molecule has 0 fully saturated rings. The summed E-state index contributed by atoms with van der Waals surface area (Å²) in [5.74, 6) is -1.11. The zero-order valence-electron chi connectivity index (χ0n) is 13.4. The summed E-state index contributed by atoms with van der Waals surface area (Å²) in [6, 6.07) is 6.78. The summed E-state index contributed by atoms with van der Waals surface area (Å²) in [5, 5.41) is 6.04. The van der Waals surface area contributed by atoms with Gasteiger partial charge in [-0.15, -0.1) is 5.10 Å². The fourth-order valence-electron chi connectivity index (χ4n) is 2.21. The van der Waals surface area contributed by atoms with Gasteiger partial charge >= 0.3 is 6.18 Å². The van der Waals surface area contributed by atoms with Crippen LogP contribution >= 0.6 is 0 Å². The van der Waals surface area contributed by atoms with Crippen LogP contribution in [0.25, 0.3) is 0 Å². The van der Waals surface area contributed by atoms with Crippen molar-refractivity contribution in [3.63, 3.8) is 0 Å². The van der Waals surface area contributed by atoms with Gasteiger partial charge in [-0.2, -0.15) is 13.2 Å². The van der Waals surface area contributed by atoms with Crippen LogP contribution in [0.15, 0.2) is 24.3 Å². The van der Waals surface area contributed by atoms with Gasteiger partial charge in [-0.05, 0) is 19.9 Å². The number of para-hydroxylation sites is 1. The Bertz CT molecular complexity index is 728. The number of nitrogens with zero attached hydrogens (tertiary/aromatic N) is 3. The molecule has 0 radical (unpaired) electrons. The number of aryl methyl sites for hydroxylation is 1. The van der Waals surface area contributed by atoms with E-state index >= 15 is 0 Å². The van der Waals surface area contributed by atoms with E-state index in [1.54, 1.807) is 31.2 Å². The first-order valence-electron chi connectivity index (χ1n) is 7.13. The highest BCUT2D eigenvalue weighted by molar-refractivity contribution is 5.76. The molecule has 0 aliphatic heterocycles. The van der Waals surface area contributed by atoms with Gasteiger partial charge in [0.15, 0.2) is 0 Å². The molecule has 1 aromatic heterocycles. The van der Waals surface area contributed by atoms with Crippen LogP contribution in [0.4, 0.5) is 13.2 Å². The van der Waals surface area contributed by atoms with Crippen molar-refractivity contribution in [2.24, 2.45) is 0 Å². The average molecular weight is 342 g/mol. The smallest absolute Gasteiger partial charge is 0.453 e. The minimum absolute atomic E-state index is 0.0161. The van der Waals surface area contributed by atoms with Crippen molar-refractivity contribution in [1.29, 1.82) is 0 Å². The SMILES string of the molecule is COc1ccccc1[C@H](C)NC(=O)Cn1nc(C(F)(F)F)nc1C. The molecule has 0 aliphatic carbocycles. The zero-order valence-corrected chi connectivity index (χ0v) is 13.4. The fraction of sp³-hybridized carbons (Fsp3) is 0.400. The maximum absolute atomic E-state index is 12.6. The normalized spacial score (nSPS) is 12.8. The molecule has 0 aliphatic rings. The lowest BCUT2D eigenvalue weighted by Gasteiger charge is -2.17. The lowest BCUT2D eigenvalue weighted by molar-refractivity contribution is -0.145. The minimum atomic E-state index is -4.64. The van der Waals surface area contributed by atoms with Gasteiger partial charge in [-0.25, -0.2) is 9.67 Å². The number of nitrogens with one attached hydrogen (secondary N) is 1. The molecule has 130 valence electrons. The van der Waals surface area contributed by atoms with Crippen LogP contribution in [0.2, 0.25) is 0 Å². The van der Waals surface area contributed by atoms with Crippen LogP contribution in [0.5, 0.6) is 5.75 Å². The van der Waals surface area contributed by atoms with E-state index in [-0.39, 0.29) is 18.4 Å². The van der Waals surface area contributed by atoms with E-state index < -0.39 is 17.9 Å². The number of aromatic nitrogens is 3. The standard InChI is InChI=1S/C15H17F3N4O2/c1-9(11-6-4-5-7-12(11)24-3)19-13(23)8-22-10(2)20-14(21-22)15(16,17)18/h4-7,9H,8H2,1-3H3,(H,19,23)/t9-/m0/s1. The Kier molecular flexibility index (Phi) is 5.10. The van der Waals surface area contributed by atoms with E-state index in [0.717, 1.165) is 10.2 Å². The monoisotopic (exact) mass is 342 g/mol. The Balaban J connectivity index is 2.07. The second kappa shape index (κ2) is 6.90. The van der Waals surface area contributed by atoms with Crippen LogP contribution in [-0.2, 0) is 17.5 Å². The molecule has 2 aromatic rings. The van der Waals surface area contributed by atoms with Crippen molar-refractivity contribution in [3.8, 4) is 5.75 Å². The molecule has 9 heteroatoms. The van der Waals surface area contributed by atoms with E-state index in [1.807, 2.05) is 0 Å². The molecule has 2 rings (SSSR count). The third kappa shape index (κ3) is 4.03. The summed E-state index contributed by atoms with van der Waals surface area (Å²) in [6.45, 7) is 2.76. The number of hydrogen-bond donors (Lipinski definition) is 1. The number of hydrogen-bond acceptors (Lipinski definition) is 4. The van der Waals surface area contributed by atoms with Crippen molar-refractivity contribution in [2.75, 3.05) is 7.11 Å². The maximum Gasteiger partial charge on any atom is 0.453 e. The number of carbonyl (C=O) groups is 1. The van der Waals surface area contributed by atoms with E-state index in [2.05, 4.69) is 15.4 Å². The molecule has 0 spiro atoms. The van der Waals surface area contributed by atoms with E-state index in [1.165, 1.54) is 14.0 Å². The number of carbonyl (C=O) groups excluding carboxylic acids is 1. The van der Waals surface area contributed by atoms with E-state index in [0.29, 0.717) is 5.75 Å². The van der Waals surface area contributed by atoms with E-state index in [9.17, 15) is 18.0 Å². The number of methoxy groups -OCH3 is 1. The van der Waals surface area contributed by atoms with Crippen molar-refractivity contribution in [3.05, 3.63) is 41.5 Å². The summed E-state index contributed by atoms with van der Waals surface area (Å²) in [4.78, 5) is 15.4. The van der Waals surface area contributed by atoms with Gasteiger partial charge in [0.1, 0.15) is 18.1 Å². The van der Waals surface area contributed by atoms with Gasteiger partial charge in [0.25, 0.3) is 5.82 Å². The Morgan fingerprint density at radius 2 is 2.04 bits per heavy atom. The van der Waals surface area contributed by atoms with Crippen LogP contribution in [0, 0.1) is 6.92 Å². The summed E-state index contributed by atoms with van der Waals surface area (Å²) in [5.41, 5.74) is 0.764. The van der Waals surface area contributed by atoms with Gasteiger partial charge in [-0.1, -0.05) is 18.2 Å². The summed E-state index contributed by atoms with van der Waals surface area (Å²) in [6.07, 6.45) is -4.64. The first-order valence-corrected chi connectivity index (χ1v) is 7.13. The number of alkyl halides is 3. The number of amides is 1. The van der Waals surface area contributed by atoms with Gasteiger partial charge in [-0.3, -0.25) is 4.79 Å². The van der Waals surface area contributed by atoms with Crippen LogP contribution < -0.4 is 10.1 Å². The largest absolute Gasteiger partial charge is 0.496 e. The number of benzene rings is 1. The first-order chi connectivity index (χ1) is 11.2. The Labute approximate surface area is 136 Å². The van der Waals surface area contributed by atoms with Crippen molar-refractivity contribution < 1.29 is 22.7 Å². The molecule has 0 unspecified atom stereocenters. The lowest BCUT2D eigenvalue weighted by Crippen LogP contribution is -2.31. The molecule has 0 saturated heterocycles. The molecule has 1 atom stereocenters. The number of rotatable bonds is 5. The molecule has 1 N–H and O–H groups in total. The molecular weight excluding hydrogens is 325 g/mol. The minimum Gasteiger partial charge on any atom is -0.496 e. The second-order valence-corrected chi connectivity index (χ2v) is 5.17. The molecule has 0 saturated carbocycles.